The monoisotopic (exact) mass is 207 g/mol. The predicted molar refractivity (Wildman–Crippen MR) is 59.5 cm³/mol. The van der Waals surface area contributed by atoms with Crippen LogP contribution in [-0.4, -0.2) is 18.5 Å². The summed E-state index contributed by atoms with van der Waals surface area (Å²) >= 11 is 0. The molecule has 2 N–H and O–H groups in total. The lowest BCUT2D eigenvalue weighted by Crippen LogP contribution is -2.22. The number of anilines is 1. The van der Waals surface area contributed by atoms with Gasteiger partial charge in [-0.15, -0.1) is 0 Å². The molecule has 1 heterocycles. The van der Waals surface area contributed by atoms with Crippen molar-refractivity contribution in [3.05, 3.63) is 29.8 Å². The Morgan fingerprint density at radius 1 is 1.33 bits per heavy atom. The lowest BCUT2D eigenvalue weighted by atomic mass is 10.1. The summed E-state index contributed by atoms with van der Waals surface area (Å²) in [5.74, 6) is -0.432. The first-order chi connectivity index (χ1) is 7.05. The van der Waals surface area contributed by atoms with E-state index in [1.54, 1.807) is 0 Å². The van der Waals surface area contributed by atoms with Gasteiger partial charge in [-0.05, 0) is 31.5 Å². The average Bonchev–Trinajstić information content (AvgIpc) is 2.50. The van der Waals surface area contributed by atoms with Crippen LogP contribution in [-0.2, 0) is 15.9 Å². The second kappa shape index (κ2) is 3.83. The molecule has 3 nitrogen and oxygen atoms in total. The van der Waals surface area contributed by atoms with Gasteiger partial charge < -0.3 is 15.2 Å². The molecule has 3 heteroatoms. The smallest absolute Gasteiger partial charge is 0.163 e. The van der Waals surface area contributed by atoms with Gasteiger partial charge in [0.1, 0.15) is 0 Å². The van der Waals surface area contributed by atoms with Crippen molar-refractivity contribution < 1.29 is 9.47 Å². The molecule has 1 unspecified atom stereocenters. The highest BCUT2D eigenvalue weighted by molar-refractivity contribution is 5.39. The molecule has 0 bridgehead atoms. The molecule has 1 aliphatic heterocycles. The molecule has 0 spiro atoms. The third-order valence-corrected chi connectivity index (χ3v) is 2.51. The predicted octanol–water partition coefficient (Wildman–Crippen LogP) is 1.96. The largest absolute Gasteiger partial charge is 0.399 e. The second-order valence-corrected chi connectivity index (χ2v) is 4.40. The van der Waals surface area contributed by atoms with Gasteiger partial charge in [-0.1, -0.05) is 12.1 Å². The van der Waals surface area contributed by atoms with Crippen molar-refractivity contribution in [2.45, 2.75) is 32.2 Å². The minimum Gasteiger partial charge on any atom is -0.399 e. The molecular weight excluding hydrogens is 190 g/mol. The van der Waals surface area contributed by atoms with Gasteiger partial charge in [0, 0.05) is 12.1 Å². The molecule has 1 aromatic carbocycles. The summed E-state index contributed by atoms with van der Waals surface area (Å²) in [6.07, 6.45) is 1.03. The van der Waals surface area contributed by atoms with E-state index in [2.05, 4.69) is 0 Å². The normalized spacial score (nSPS) is 24.3. The van der Waals surface area contributed by atoms with Crippen molar-refractivity contribution >= 4 is 5.69 Å². The molecule has 82 valence electrons. The maximum absolute atomic E-state index is 5.73. The average molecular weight is 207 g/mol. The molecule has 15 heavy (non-hydrogen) atoms. The zero-order chi connectivity index (χ0) is 10.9. The summed E-state index contributed by atoms with van der Waals surface area (Å²) in [5.41, 5.74) is 7.65. The molecule has 1 saturated heterocycles. The minimum absolute atomic E-state index is 0.156. The van der Waals surface area contributed by atoms with Gasteiger partial charge in [0.2, 0.25) is 0 Å². The number of hydrogen-bond donors (Lipinski definition) is 1. The van der Waals surface area contributed by atoms with E-state index >= 15 is 0 Å². The lowest BCUT2D eigenvalue weighted by molar-refractivity contribution is -0.138. The third-order valence-electron chi connectivity index (χ3n) is 2.51. The highest BCUT2D eigenvalue weighted by atomic mass is 16.7. The summed E-state index contributed by atoms with van der Waals surface area (Å²) in [5, 5.41) is 0. The highest BCUT2D eigenvalue weighted by Crippen LogP contribution is 2.24. The standard InChI is InChI=1S/C12H17NO2/c1-12(2)14-8-11(15-12)7-9-3-5-10(13)6-4-9/h3-6,11H,7-8,13H2,1-2H3. The number of ether oxygens (including phenoxy) is 2. The summed E-state index contributed by atoms with van der Waals surface area (Å²) < 4.78 is 11.2. The number of benzene rings is 1. The summed E-state index contributed by atoms with van der Waals surface area (Å²) in [4.78, 5) is 0. The van der Waals surface area contributed by atoms with E-state index in [0.717, 1.165) is 12.1 Å². The number of nitrogens with two attached hydrogens (primary N) is 1. The minimum atomic E-state index is -0.432. The number of rotatable bonds is 2. The fourth-order valence-electron chi connectivity index (χ4n) is 1.78. The Kier molecular flexibility index (Phi) is 2.67. The fourth-order valence-corrected chi connectivity index (χ4v) is 1.78. The van der Waals surface area contributed by atoms with Gasteiger partial charge in [-0.2, -0.15) is 0 Å². The van der Waals surface area contributed by atoms with Gasteiger partial charge in [-0.3, -0.25) is 0 Å². The number of nitrogen functional groups attached to an aromatic ring is 1. The Hall–Kier alpha value is -1.06. The molecule has 1 atom stereocenters. The molecule has 1 aromatic rings. The van der Waals surface area contributed by atoms with Crippen LogP contribution >= 0.6 is 0 Å². The van der Waals surface area contributed by atoms with E-state index in [-0.39, 0.29) is 6.10 Å². The third kappa shape index (κ3) is 2.70. The summed E-state index contributed by atoms with van der Waals surface area (Å²) in [6, 6.07) is 7.89. The Balaban J connectivity index is 1.96. The van der Waals surface area contributed by atoms with Crippen LogP contribution in [0.1, 0.15) is 19.4 Å². The van der Waals surface area contributed by atoms with E-state index in [1.165, 1.54) is 5.56 Å². The molecule has 2 rings (SSSR count). The first-order valence-corrected chi connectivity index (χ1v) is 5.21. The van der Waals surface area contributed by atoms with Crippen LogP contribution in [0.5, 0.6) is 0 Å². The van der Waals surface area contributed by atoms with Crippen LogP contribution in [0.4, 0.5) is 5.69 Å². The molecular formula is C12H17NO2. The van der Waals surface area contributed by atoms with E-state index < -0.39 is 5.79 Å². The number of hydrogen-bond acceptors (Lipinski definition) is 3. The highest BCUT2D eigenvalue weighted by Gasteiger charge is 2.32. The SMILES string of the molecule is CC1(C)OCC(Cc2ccc(N)cc2)O1. The first kappa shape index (κ1) is 10.5. The quantitative estimate of drug-likeness (QED) is 0.754. The molecule has 0 saturated carbocycles. The zero-order valence-corrected chi connectivity index (χ0v) is 9.19. The Morgan fingerprint density at radius 2 is 2.00 bits per heavy atom. The summed E-state index contributed by atoms with van der Waals surface area (Å²) in [7, 11) is 0. The zero-order valence-electron chi connectivity index (χ0n) is 9.19. The first-order valence-electron chi connectivity index (χ1n) is 5.21. The Labute approximate surface area is 90.2 Å². The van der Waals surface area contributed by atoms with Gasteiger partial charge >= 0.3 is 0 Å². The molecule has 0 aromatic heterocycles. The van der Waals surface area contributed by atoms with Crippen LogP contribution < -0.4 is 5.73 Å². The van der Waals surface area contributed by atoms with Crippen molar-refractivity contribution in [1.29, 1.82) is 0 Å². The van der Waals surface area contributed by atoms with E-state index in [0.29, 0.717) is 6.61 Å². The molecule has 1 fully saturated rings. The van der Waals surface area contributed by atoms with Gasteiger partial charge in [-0.25, -0.2) is 0 Å². The van der Waals surface area contributed by atoms with Crippen molar-refractivity contribution in [3.63, 3.8) is 0 Å². The van der Waals surface area contributed by atoms with Gasteiger partial charge in [0.05, 0.1) is 12.7 Å². The van der Waals surface area contributed by atoms with E-state index in [1.807, 2.05) is 38.1 Å². The second-order valence-electron chi connectivity index (χ2n) is 4.40. The lowest BCUT2D eigenvalue weighted by Gasteiger charge is -2.17. The summed E-state index contributed by atoms with van der Waals surface area (Å²) in [6.45, 7) is 4.54. The van der Waals surface area contributed by atoms with Crippen LogP contribution in [0.15, 0.2) is 24.3 Å². The van der Waals surface area contributed by atoms with Crippen LogP contribution in [0.3, 0.4) is 0 Å². The fraction of sp³-hybridized carbons (Fsp3) is 0.500. The van der Waals surface area contributed by atoms with Crippen LogP contribution in [0.25, 0.3) is 0 Å². The van der Waals surface area contributed by atoms with Crippen molar-refractivity contribution in [2.75, 3.05) is 12.3 Å². The van der Waals surface area contributed by atoms with Gasteiger partial charge in [0.15, 0.2) is 5.79 Å². The molecule has 0 amide bonds. The molecule has 0 radical (unpaired) electrons. The van der Waals surface area contributed by atoms with E-state index in [4.69, 9.17) is 15.2 Å². The van der Waals surface area contributed by atoms with Crippen molar-refractivity contribution in [3.8, 4) is 0 Å². The maximum Gasteiger partial charge on any atom is 0.163 e. The van der Waals surface area contributed by atoms with Crippen molar-refractivity contribution in [1.82, 2.24) is 0 Å². The Bertz CT molecular complexity index is 332. The van der Waals surface area contributed by atoms with Crippen molar-refractivity contribution in [2.24, 2.45) is 0 Å². The molecule has 1 aliphatic rings. The van der Waals surface area contributed by atoms with Crippen LogP contribution in [0.2, 0.25) is 0 Å². The Morgan fingerprint density at radius 3 is 2.53 bits per heavy atom. The van der Waals surface area contributed by atoms with E-state index in [9.17, 15) is 0 Å². The molecule has 0 aliphatic carbocycles. The van der Waals surface area contributed by atoms with Crippen LogP contribution in [0, 0.1) is 0 Å². The topological polar surface area (TPSA) is 44.5 Å². The van der Waals surface area contributed by atoms with Gasteiger partial charge in [0.25, 0.3) is 0 Å². The maximum atomic E-state index is 5.73.